The number of rotatable bonds is 3. The monoisotopic (exact) mass is 417 g/mol. The first-order valence-electron chi connectivity index (χ1n) is 8.18. The van der Waals surface area contributed by atoms with E-state index >= 15 is 0 Å². The molecule has 2 aromatic carbocycles. The van der Waals surface area contributed by atoms with Crippen LogP contribution in [0.3, 0.4) is 0 Å². The molecule has 0 atom stereocenters. The number of halogens is 3. The first-order valence-corrected chi connectivity index (χ1v) is 9.75. The predicted octanol–water partition coefficient (Wildman–Crippen LogP) is 7.16. The molecule has 0 unspecified atom stereocenters. The summed E-state index contributed by atoms with van der Waals surface area (Å²) in [6.07, 6.45) is 0. The Hall–Kier alpha value is -2.21. The van der Waals surface area contributed by atoms with E-state index in [1.54, 1.807) is 35.6 Å². The molecule has 0 bridgehead atoms. The lowest BCUT2D eigenvalue weighted by Crippen LogP contribution is -1.98. The van der Waals surface area contributed by atoms with Gasteiger partial charge in [-0.25, -0.2) is 14.4 Å². The molecule has 3 nitrogen and oxygen atoms in total. The van der Waals surface area contributed by atoms with Gasteiger partial charge in [-0.15, -0.1) is 11.3 Å². The number of fused-ring (bicyclic) bond motifs is 1. The Morgan fingerprint density at radius 1 is 0.963 bits per heavy atom. The molecule has 7 heteroatoms. The molecule has 0 saturated carbocycles. The van der Waals surface area contributed by atoms with E-state index in [1.165, 1.54) is 12.1 Å². The summed E-state index contributed by atoms with van der Waals surface area (Å²) in [5.74, 6) is 1.08. The Kier molecular flexibility index (Phi) is 4.76. The molecule has 0 fully saturated rings. The predicted molar refractivity (Wildman–Crippen MR) is 112 cm³/mol. The number of hydrogen-bond acceptors (Lipinski definition) is 4. The number of nitrogens with one attached hydrogen (secondary N) is 1. The molecular weight excluding hydrogens is 404 g/mol. The van der Waals surface area contributed by atoms with Gasteiger partial charge in [0.15, 0.2) is 0 Å². The van der Waals surface area contributed by atoms with E-state index in [9.17, 15) is 4.39 Å². The van der Waals surface area contributed by atoms with Crippen LogP contribution < -0.4 is 5.32 Å². The van der Waals surface area contributed by atoms with Gasteiger partial charge in [0.1, 0.15) is 22.3 Å². The van der Waals surface area contributed by atoms with Crippen molar-refractivity contribution < 1.29 is 4.39 Å². The Labute approximate surface area is 169 Å². The first kappa shape index (κ1) is 18.2. The fourth-order valence-corrected chi connectivity index (χ4v) is 4.37. The van der Waals surface area contributed by atoms with E-state index in [1.807, 2.05) is 19.9 Å². The van der Waals surface area contributed by atoms with Crippen molar-refractivity contribution in [3.8, 4) is 11.1 Å². The number of aromatic nitrogens is 2. The molecule has 27 heavy (non-hydrogen) atoms. The van der Waals surface area contributed by atoms with Crippen LogP contribution in [0.15, 0.2) is 42.5 Å². The van der Waals surface area contributed by atoms with Crippen molar-refractivity contribution in [2.45, 2.75) is 13.8 Å². The smallest absolute Gasteiger partial charge is 0.143 e. The van der Waals surface area contributed by atoms with Crippen LogP contribution in [-0.4, -0.2) is 9.97 Å². The molecule has 0 amide bonds. The molecular formula is C20H14Cl2FN3S. The third-order valence-corrected chi connectivity index (χ3v) is 5.89. The second kappa shape index (κ2) is 7.08. The third-order valence-electron chi connectivity index (χ3n) is 4.15. The van der Waals surface area contributed by atoms with Gasteiger partial charge in [-0.2, -0.15) is 0 Å². The summed E-state index contributed by atoms with van der Waals surface area (Å²) in [7, 11) is 0. The zero-order chi connectivity index (χ0) is 19.1. The van der Waals surface area contributed by atoms with Gasteiger partial charge in [0.25, 0.3) is 0 Å². The lowest BCUT2D eigenvalue weighted by Gasteiger charge is -2.11. The van der Waals surface area contributed by atoms with Crippen molar-refractivity contribution in [3.63, 3.8) is 0 Å². The molecule has 2 aromatic heterocycles. The summed E-state index contributed by atoms with van der Waals surface area (Å²) in [6.45, 7) is 3.88. The molecule has 4 aromatic rings. The Bertz CT molecular complexity index is 1160. The number of nitrogens with zero attached hydrogens (tertiary/aromatic N) is 2. The molecule has 136 valence electrons. The zero-order valence-electron chi connectivity index (χ0n) is 14.5. The van der Waals surface area contributed by atoms with E-state index in [4.69, 9.17) is 23.2 Å². The van der Waals surface area contributed by atoms with Gasteiger partial charge in [-0.05, 0) is 49.7 Å². The Morgan fingerprint density at radius 3 is 2.41 bits per heavy atom. The zero-order valence-corrected chi connectivity index (χ0v) is 16.8. The van der Waals surface area contributed by atoms with Crippen LogP contribution in [0.25, 0.3) is 21.3 Å². The van der Waals surface area contributed by atoms with Gasteiger partial charge >= 0.3 is 0 Å². The highest BCUT2D eigenvalue weighted by Gasteiger charge is 2.18. The topological polar surface area (TPSA) is 37.8 Å². The SMILES string of the molecule is Cc1nc(Nc2ccc(Cl)c(Cl)c2)c2c(-c3ccc(F)cc3)c(C)sc2n1. The van der Waals surface area contributed by atoms with Gasteiger partial charge in [-0.1, -0.05) is 35.3 Å². The Balaban J connectivity index is 1.91. The lowest BCUT2D eigenvalue weighted by molar-refractivity contribution is 0.628. The van der Waals surface area contributed by atoms with E-state index in [0.717, 1.165) is 31.9 Å². The maximum Gasteiger partial charge on any atom is 0.143 e. The normalized spacial score (nSPS) is 11.1. The molecule has 2 heterocycles. The average Bonchev–Trinajstić information content (AvgIpc) is 2.95. The molecule has 0 radical (unpaired) electrons. The summed E-state index contributed by atoms with van der Waals surface area (Å²) in [6, 6.07) is 11.8. The molecule has 1 N–H and O–H groups in total. The highest BCUT2D eigenvalue weighted by molar-refractivity contribution is 7.19. The van der Waals surface area contributed by atoms with Gasteiger partial charge < -0.3 is 5.32 Å². The van der Waals surface area contributed by atoms with Crippen LogP contribution >= 0.6 is 34.5 Å². The number of anilines is 2. The fourth-order valence-electron chi connectivity index (χ4n) is 2.98. The van der Waals surface area contributed by atoms with Crippen LogP contribution in [0.2, 0.25) is 10.0 Å². The minimum Gasteiger partial charge on any atom is -0.340 e. The van der Waals surface area contributed by atoms with Crippen molar-refractivity contribution in [1.29, 1.82) is 0 Å². The summed E-state index contributed by atoms with van der Waals surface area (Å²) in [4.78, 5) is 11.1. The van der Waals surface area contributed by atoms with Gasteiger partial charge in [-0.3, -0.25) is 0 Å². The first-order chi connectivity index (χ1) is 12.9. The summed E-state index contributed by atoms with van der Waals surface area (Å²) < 4.78 is 13.4. The molecule has 0 aliphatic rings. The maximum atomic E-state index is 13.4. The highest BCUT2D eigenvalue weighted by Crippen LogP contribution is 2.41. The molecule has 0 saturated heterocycles. The third kappa shape index (κ3) is 3.50. The van der Waals surface area contributed by atoms with Crippen molar-refractivity contribution in [2.75, 3.05) is 5.32 Å². The van der Waals surface area contributed by atoms with Crippen LogP contribution in [0.5, 0.6) is 0 Å². The quantitative estimate of drug-likeness (QED) is 0.383. The lowest BCUT2D eigenvalue weighted by atomic mass is 10.0. The molecule has 4 rings (SSSR count). The van der Waals surface area contributed by atoms with Crippen molar-refractivity contribution in [3.05, 3.63) is 69.0 Å². The minimum atomic E-state index is -0.266. The van der Waals surface area contributed by atoms with Gasteiger partial charge in [0.05, 0.1) is 15.4 Å². The van der Waals surface area contributed by atoms with E-state index in [-0.39, 0.29) is 5.82 Å². The maximum absolute atomic E-state index is 13.4. The van der Waals surface area contributed by atoms with Crippen molar-refractivity contribution >= 4 is 56.3 Å². The second-order valence-corrected chi connectivity index (χ2v) is 8.11. The number of hydrogen-bond donors (Lipinski definition) is 1. The molecule has 0 aliphatic heterocycles. The van der Waals surface area contributed by atoms with E-state index in [0.29, 0.717) is 21.7 Å². The highest BCUT2D eigenvalue weighted by atomic mass is 35.5. The fraction of sp³-hybridized carbons (Fsp3) is 0.100. The minimum absolute atomic E-state index is 0.266. The van der Waals surface area contributed by atoms with Crippen LogP contribution in [0.1, 0.15) is 10.7 Å². The van der Waals surface area contributed by atoms with E-state index in [2.05, 4.69) is 15.3 Å². The van der Waals surface area contributed by atoms with Crippen LogP contribution in [0, 0.1) is 19.7 Å². The van der Waals surface area contributed by atoms with Gasteiger partial charge in [0.2, 0.25) is 0 Å². The molecule has 0 aliphatic carbocycles. The summed E-state index contributed by atoms with van der Waals surface area (Å²) in [5.41, 5.74) is 2.69. The van der Waals surface area contributed by atoms with Crippen molar-refractivity contribution in [2.24, 2.45) is 0 Å². The van der Waals surface area contributed by atoms with Gasteiger partial charge in [0, 0.05) is 16.1 Å². The largest absolute Gasteiger partial charge is 0.340 e. The molecule has 0 spiro atoms. The number of aryl methyl sites for hydroxylation is 2. The standard InChI is InChI=1S/C20H14Cl2FN3S/c1-10-17(12-3-5-13(23)6-4-12)18-19(24-11(2)25-20(18)27-10)26-14-7-8-15(21)16(22)9-14/h3-9H,1-2H3,(H,24,25,26). The average molecular weight is 418 g/mol. The van der Waals surface area contributed by atoms with Crippen molar-refractivity contribution in [1.82, 2.24) is 9.97 Å². The number of benzene rings is 2. The van der Waals surface area contributed by atoms with Crippen LogP contribution in [-0.2, 0) is 0 Å². The second-order valence-electron chi connectivity index (χ2n) is 6.09. The summed E-state index contributed by atoms with van der Waals surface area (Å²) in [5, 5.41) is 5.18. The number of thiophene rings is 1. The van der Waals surface area contributed by atoms with E-state index < -0.39 is 0 Å². The summed E-state index contributed by atoms with van der Waals surface area (Å²) >= 11 is 13.7. The van der Waals surface area contributed by atoms with Crippen LogP contribution in [0.4, 0.5) is 15.9 Å². The Morgan fingerprint density at radius 2 is 1.70 bits per heavy atom.